The zero-order valence-corrected chi connectivity index (χ0v) is 12.3. The Hall–Kier alpha value is -2.01. The molecular weight excluding hydrogens is 266 g/mol. The number of hydrogen-bond acceptors (Lipinski definition) is 4. The minimum Gasteiger partial charge on any atom is -0.497 e. The summed E-state index contributed by atoms with van der Waals surface area (Å²) in [6.45, 7) is 3.15. The summed E-state index contributed by atoms with van der Waals surface area (Å²) in [5.74, 6) is 2.96. The molecule has 1 aliphatic heterocycles. The molecule has 1 saturated heterocycles. The Morgan fingerprint density at radius 2 is 2.24 bits per heavy atom. The van der Waals surface area contributed by atoms with E-state index in [2.05, 4.69) is 10.4 Å². The Morgan fingerprint density at radius 3 is 3.05 bits per heavy atom. The summed E-state index contributed by atoms with van der Waals surface area (Å²) in [6, 6.07) is 7.58. The van der Waals surface area contributed by atoms with Gasteiger partial charge in [-0.05, 0) is 44.0 Å². The van der Waals surface area contributed by atoms with Gasteiger partial charge in [-0.25, -0.2) is 0 Å². The molecule has 21 heavy (non-hydrogen) atoms. The second-order valence-corrected chi connectivity index (χ2v) is 5.39. The maximum Gasteiger partial charge on any atom is 0.165 e. The summed E-state index contributed by atoms with van der Waals surface area (Å²) in [5.41, 5.74) is 0. The van der Waals surface area contributed by atoms with E-state index >= 15 is 0 Å². The molecule has 1 unspecified atom stereocenters. The van der Waals surface area contributed by atoms with Crippen molar-refractivity contribution in [2.45, 2.75) is 19.4 Å². The first kappa shape index (κ1) is 13.9. The van der Waals surface area contributed by atoms with E-state index < -0.39 is 0 Å². The first-order valence-corrected chi connectivity index (χ1v) is 7.38. The van der Waals surface area contributed by atoms with Crippen molar-refractivity contribution >= 4 is 0 Å². The molecule has 1 fully saturated rings. The third kappa shape index (κ3) is 3.76. The lowest BCUT2D eigenvalue weighted by atomic mass is 10.00. The van der Waals surface area contributed by atoms with E-state index in [4.69, 9.17) is 9.47 Å². The number of benzene rings is 1. The molecular formula is C16H21N3O2. The molecule has 5 nitrogen and oxygen atoms in total. The van der Waals surface area contributed by atoms with Crippen molar-refractivity contribution in [3.8, 4) is 17.2 Å². The van der Waals surface area contributed by atoms with E-state index in [1.807, 2.05) is 35.1 Å². The minimum absolute atomic E-state index is 0.656. The predicted molar refractivity (Wildman–Crippen MR) is 80.9 cm³/mol. The summed E-state index contributed by atoms with van der Waals surface area (Å²) < 4.78 is 13.0. The molecule has 5 heteroatoms. The summed E-state index contributed by atoms with van der Waals surface area (Å²) in [5, 5.41) is 7.81. The highest BCUT2D eigenvalue weighted by Gasteiger charge is 2.14. The van der Waals surface area contributed by atoms with Gasteiger partial charge in [-0.2, -0.15) is 5.10 Å². The van der Waals surface area contributed by atoms with Gasteiger partial charge in [0.25, 0.3) is 0 Å². The van der Waals surface area contributed by atoms with Gasteiger partial charge >= 0.3 is 0 Å². The van der Waals surface area contributed by atoms with Gasteiger partial charge in [0.2, 0.25) is 0 Å². The van der Waals surface area contributed by atoms with E-state index in [0.29, 0.717) is 5.92 Å². The van der Waals surface area contributed by atoms with Gasteiger partial charge in [0, 0.05) is 12.6 Å². The fourth-order valence-electron chi connectivity index (χ4n) is 2.64. The van der Waals surface area contributed by atoms with Crippen LogP contribution in [0.5, 0.6) is 17.2 Å². The van der Waals surface area contributed by atoms with E-state index in [0.717, 1.165) is 36.9 Å². The topological polar surface area (TPSA) is 48.3 Å². The van der Waals surface area contributed by atoms with Crippen molar-refractivity contribution in [1.82, 2.24) is 15.1 Å². The molecule has 3 rings (SSSR count). The van der Waals surface area contributed by atoms with Crippen molar-refractivity contribution in [1.29, 1.82) is 0 Å². The van der Waals surface area contributed by atoms with Gasteiger partial charge in [-0.1, -0.05) is 6.07 Å². The van der Waals surface area contributed by atoms with Crippen LogP contribution < -0.4 is 14.8 Å². The standard InChI is InChI=1S/C16H21N3O2/c1-20-14-5-2-6-15(8-14)21-16-10-18-19(12-16)11-13-4-3-7-17-9-13/h2,5-6,8,10,12-13,17H,3-4,7,9,11H2,1H3. The van der Waals surface area contributed by atoms with E-state index in [1.54, 1.807) is 13.3 Å². The van der Waals surface area contributed by atoms with Gasteiger partial charge in [0.05, 0.1) is 19.5 Å². The maximum absolute atomic E-state index is 5.81. The molecule has 1 aromatic carbocycles. The average molecular weight is 287 g/mol. The summed E-state index contributed by atoms with van der Waals surface area (Å²) in [6.07, 6.45) is 6.22. The SMILES string of the molecule is COc1cccc(Oc2cnn(CC3CCCNC3)c2)c1. The molecule has 0 spiro atoms. The molecule has 0 amide bonds. The first-order valence-electron chi connectivity index (χ1n) is 7.38. The molecule has 0 radical (unpaired) electrons. The molecule has 1 aromatic heterocycles. The fourth-order valence-corrected chi connectivity index (χ4v) is 2.64. The third-order valence-electron chi connectivity index (χ3n) is 3.73. The quantitative estimate of drug-likeness (QED) is 0.918. The van der Waals surface area contributed by atoms with Crippen molar-refractivity contribution in [3.63, 3.8) is 0 Å². The van der Waals surface area contributed by atoms with Crippen LogP contribution in [-0.4, -0.2) is 30.0 Å². The van der Waals surface area contributed by atoms with Crippen LogP contribution in [0.2, 0.25) is 0 Å². The number of nitrogens with zero attached hydrogens (tertiary/aromatic N) is 2. The highest BCUT2D eigenvalue weighted by molar-refractivity contribution is 5.35. The van der Waals surface area contributed by atoms with E-state index in [-0.39, 0.29) is 0 Å². The molecule has 0 aliphatic carbocycles. The van der Waals surface area contributed by atoms with Crippen LogP contribution >= 0.6 is 0 Å². The molecule has 112 valence electrons. The van der Waals surface area contributed by atoms with Crippen molar-refractivity contribution in [2.75, 3.05) is 20.2 Å². The monoisotopic (exact) mass is 287 g/mol. The number of methoxy groups -OCH3 is 1. The highest BCUT2D eigenvalue weighted by Crippen LogP contribution is 2.25. The van der Waals surface area contributed by atoms with E-state index in [9.17, 15) is 0 Å². The maximum atomic E-state index is 5.81. The summed E-state index contributed by atoms with van der Waals surface area (Å²) in [4.78, 5) is 0. The first-order chi connectivity index (χ1) is 10.3. The molecule has 0 saturated carbocycles. The van der Waals surface area contributed by atoms with Crippen molar-refractivity contribution < 1.29 is 9.47 Å². The minimum atomic E-state index is 0.656. The molecule has 0 bridgehead atoms. The second kappa shape index (κ2) is 6.63. The zero-order valence-electron chi connectivity index (χ0n) is 12.3. The van der Waals surface area contributed by atoms with Gasteiger partial charge in [0.15, 0.2) is 5.75 Å². The van der Waals surface area contributed by atoms with Gasteiger partial charge < -0.3 is 14.8 Å². The van der Waals surface area contributed by atoms with Crippen LogP contribution in [0.25, 0.3) is 0 Å². The summed E-state index contributed by atoms with van der Waals surface area (Å²) >= 11 is 0. The number of aromatic nitrogens is 2. The molecule has 1 N–H and O–H groups in total. The van der Waals surface area contributed by atoms with Gasteiger partial charge in [-0.15, -0.1) is 0 Å². The largest absolute Gasteiger partial charge is 0.497 e. The third-order valence-corrected chi connectivity index (χ3v) is 3.73. The lowest BCUT2D eigenvalue weighted by Gasteiger charge is -2.22. The highest BCUT2D eigenvalue weighted by atomic mass is 16.5. The Labute approximate surface area is 124 Å². The molecule has 2 heterocycles. The van der Waals surface area contributed by atoms with Crippen LogP contribution in [0.3, 0.4) is 0 Å². The van der Waals surface area contributed by atoms with E-state index in [1.165, 1.54) is 12.8 Å². The van der Waals surface area contributed by atoms with Crippen molar-refractivity contribution in [2.24, 2.45) is 5.92 Å². The Kier molecular flexibility index (Phi) is 4.40. The fraction of sp³-hybridized carbons (Fsp3) is 0.438. The van der Waals surface area contributed by atoms with Crippen LogP contribution in [0.1, 0.15) is 12.8 Å². The second-order valence-electron chi connectivity index (χ2n) is 5.39. The Balaban J connectivity index is 1.61. The molecule has 1 atom stereocenters. The van der Waals surface area contributed by atoms with Crippen LogP contribution in [0, 0.1) is 5.92 Å². The zero-order chi connectivity index (χ0) is 14.5. The molecule has 2 aromatic rings. The lowest BCUT2D eigenvalue weighted by Crippen LogP contribution is -2.32. The average Bonchev–Trinajstić information content (AvgIpc) is 2.95. The van der Waals surface area contributed by atoms with Gasteiger partial charge in [-0.3, -0.25) is 4.68 Å². The van der Waals surface area contributed by atoms with Gasteiger partial charge in [0.1, 0.15) is 11.5 Å². The number of hydrogen-bond donors (Lipinski definition) is 1. The molecule has 1 aliphatic rings. The van der Waals surface area contributed by atoms with Crippen LogP contribution in [-0.2, 0) is 6.54 Å². The van der Waals surface area contributed by atoms with Crippen molar-refractivity contribution in [3.05, 3.63) is 36.7 Å². The van der Waals surface area contributed by atoms with Crippen LogP contribution in [0.4, 0.5) is 0 Å². The number of rotatable bonds is 5. The smallest absolute Gasteiger partial charge is 0.165 e. The lowest BCUT2D eigenvalue weighted by molar-refractivity contribution is 0.324. The number of ether oxygens (including phenoxy) is 2. The summed E-state index contributed by atoms with van der Waals surface area (Å²) in [7, 11) is 1.65. The Bertz CT molecular complexity index is 576. The number of piperidine rings is 1. The predicted octanol–water partition coefficient (Wildman–Crippen LogP) is 2.68. The Morgan fingerprint density at radius 1 is 1.33 bits per heavy atom. The number of nitrogens with one attached hydrogen (secondary N) is 1. The van der Waals surface area contributed by atoms with Crippen LogP contribution in [0.15, 0.2) is 36.7 Å². The normalized spacial score (nSPS) is 18.4.